The van der Waals surface area contributed by atoms with Crippen molar-refractivity contribution in [2.45, 2.75) is 29.4 Å². The Labute approximate surface area is 152 Å². The molecular formula is C14H18N4O7S. The van der Waals surface area contributed by atoms with Crippen molar-refractivity contribution < 1.29 is 34.3 Å². The van der Waals surface area contributed by atoms with E-state index in [1.807, 2.05) is 0 Å². The summed E-state index contributed by atoms with van der Waals surface area (Å²) in [6.07, 6.45) is -4.58. The van der Waals surface area contributed by atoms with Crippen molar-refractivity contribution in [2.75, 3.05) is 31.0 Å². The second-order valence-corrected chi connectivity index (χ2v) is 6.58. The molecule has 4 atom stereocenters. The summed E-state index contributed by atoms with van der Waals surface area (Å²) in [7, 11) is 1.23. The maximum Gasteiger partial charge on any atom is 0.343 e. The van der Waals surface area contributed by atoms with Gasteiger partial charge in [0.05, 0.1) is 18.7 Å². The van der Waals surface area contributed by atoms with Crippen molar-refractivity contribution in [2.24, 2.45) is 0 Å². The van der Waals surface area contributed by atoms with Crippen LogP contribution in [0.15, 0.2) is 16.5 Å². The van der Waals surface area contributed by atoms with Gasteiger partial charge in [0, 0.05) is 0 Å². The Morgan fingerprint density at radius 2 is 2.15 bits per heavy atom. The largest absolute Gasteiger partial charge is 0.466 e. The molecule has 2 aliphatic rings. The van der Waals surface area contributed by atoms with Gasteiger partial charge in [0.1, 0.15) is 23.2 Å². The van der Waals surface area contributed by atoms with E-state index in [2.05, 4.69) is 21.3 Å². The molecule has 1 aromatic rings. The number of thioether (sulfide) groups is 1. The van der Waals surface area contributed by atoms with Crippen LogP contribution in [0.2, 0.25) is 0 Å². The zero-order valence-electron chi connectivity index (χ0n) is 13.7. The highest BCUT2D eigenvalue weighted by atomic mass is 32.2. The van der Waals surface area contributed by atoms with Gasteiger partial charge in [-0.3, -0.25) is 4.90 Å². The lowest BCUT2D eigenvalue weighted by Crippen LogP contribution is -2.42. The fourth-order valence-electron chi connectivity index (χ4n) is 2.61. The van der Waals surface area contributed by atoms with E-state index in [0.717, 1.165) is 11.8 Å². The number of fused-ring (bicyclic) bond motifs is 1. The fraction of sp³-hybridized carbons (Fsp3) is 0.500. The average molecular weight is 386 g/mol. The van der Waals surface area contributed by atoms with Crippen LogP contribution in [0.3, 0.4) is 0 Å². The van der Waals surface area contributed by atoms with Crippen molar-refractivity contribution in [3.05, 3.63) is 11.6 Å². The highest BCUT2D eigenvalue weighted by Gasteiger charge is 2.49. The molecule has 3 rings (SSSR count). The summed E-state index contributed by atoms with van der Waals surface area (Å²) >= 11 is 1.13. The fourth-order valence-corrected chi connectivity index (χ4v) is 3.56. The highest BCUT2D eigenvalue weighted by molar-refractivity contribution is 8.03. The lowest BCUT2D eigenvalue weighted by atomic mass is 10.1. The average Bonchev–Trinajstić information content (AvgIpc) is 3.09. The van der Waals surface area contributed by atoms with Crippen molar-refractivity contribution in [3.8, 4) is 5.88 Å². The number of aromatic nitrogens is 2. The number of anilines is 2. The Bertz CT molecular complexity index is 733. The molecule has 0 aliphatic carbocycles. The van der Waals surface area contributed by atoms with E-state index in [4.69, 9.17) is 15.2 Å². The second kappa shape index (κ2) is 7.25. The van der Waals surface area contributed by atoms with Crippen LogP contribution < -0.4 is 15.4 Å². The number of ether oxygens (including phenoxy) is 3. The van der Waals surface area contributed by atoms with Gasteiger partial charge >= 0.3 is 5.97 Å². The van der Waals surface area contributed by atoms with Crippen LogP contribution in [0.1, 0.15) is 0 Å². The van der Waals surface area contributed by atoms with Crippen LogP contribution in [0, 0.1) is 0 Å². The standard InChI is InChI=1S/C14H18N4O7S/c1-5-18(13-9(22)8(21)6(3-19)25-13)11-10(26-5)12(17-14(15)16-11)24-4-7(20)23-2/h6,8-9,13,19,21-22H,1,3-4H2,2H3,(H2,15,16,17)/t6-,8-,9-,13-/m1/s1. The third-order valence-corrected chi connectivity index (χ3v) is 4.87. The molecule has 11 nitrogen and oxygen atoms in total. The summed E-state index contributed by atoms with van der Waals surface area (Å²) in [5.41, 5.74) is 5.72. The zero-order valence-corrected chi connectivity index (χ0v) is 14.5. The Morgan fingerprint density at radius 3 is 2.77 bits per heavy atom. The molecule has 5 N–H and O–H groups in total. The van der Waals surface area contributed by atoms with Gasteiger partial charge in [-0.1, -0.05) is 18.3 Å². The third-order valence-electron chi connectivity index (χ3n) is 3.88. The Hall–Kier alpha value is -2.12. The van der Waals surface area contributed by atoms with E-state index in [1.165, 1.54) is 12.0 Å². The highest BCUT2D eigenvalue weighted by Crippen LogP contribution is 2.50. The molecule has 0 unspecified atom stereocenters. The Kier molecular flexibility index (Phi) is 5.20. The molecule has 0 radical (unpaired) electrons. The van der Waals surface area contributed by atoms with Crippen LogP contribution in [0.4, 0.5) is 11.8 Å². The van der Waals surface area contributed by atoms with E-state index in [0.29, 0.717) is 9.92 Å². The summed E-state index contributed by atoms with van der Waals surface area (Å²) in [5, 5.41) is 29.9. The molecule has 142 valence electrons. The molecular weight excluding hydrogens is 368 g/mol. The molecule has 0 amide bonds. The van der Waals surface area contributed by atoms with Crippen LogP contribution in [-0.2, 0) is 14.3 Å². The van der Waals surface area contributed by atoms with Crippen molar-refractivity contribution in [3.63, 3.8) is 0 Å². The number of nitrogen functional groups attached to an aromatic ring is 1. The van der Waals surface area contributed by atoms with Gasteiger partial charge in [0.2, 0.25) is 11.8 Å². The van der Waals surface area contributed by atoms with Crippen LogP contribution in [0.5, 0.6) is 5.88 Å². The van der Waals surface area contributed by atoms with Gasteiger partial charge in [0.25, 0.3) is 0 Å². The predicted octanol–water partition coefficient (Wildman–Crippen LogP) is -1.57. The number of esters is 1. The van der Waals surface area contributed by atoms with E-state index in [9.17, 15) is 20.1 Å². The molecule has 0 spiro atoms. The minimum Gasteiger partial charge on any atom is -0.466 e. The lowest BCUT2D eigenvalue weighted by Gasteiger charge is -2.27. The number of aliphatic hydroxyl groups excluding tert-OH is 3. The SMILES string of the molecule is C=C1Sc2c(OCC(=O)OC)nc(N)nc2N1[C@@H]1O[C@H](CO)[C@@H](O)[C@H]1O. The molecule has 26 heavy (non-hydrogen) atoms. The number of methoxy groups -OCH3 is 1. The summed E-state index contributed by atoms with van der Waals surface area (Å²) in [6, 6.07) is 0. The normalized spacial score (nSPS) is 27.5. The number of hydrogen-bond donors (Lipinski definition) is 4. The summed E-state index contributed by atoms with van der Waals surface area (Å²) in [4.78, 5) is 21.2. The van der Waals surface area contributed by atoms with E-state index in [-0.39, 0.29) is 24.3 Å². The van der Waals surface area contributed by atoms with Crippen LogP contribution in [-0.4, -0.2) is 76.1 Å². The van der Waals surface area contributed by atoms with Gasteiger partial charge in [-0.25, -0.2) is 4.79 Å². The maximum absolute atomic E-state index is 11.3. The van der Waals surface area contributed by atoms with Gasteiger partial charge in [-0.15, -0.1) is 0 Å². The van der Waals surface area contributed by atoms with Crippen molar-refractivity contribution in [1.29, 1.82) is 0 Å². The maximum atomic E-state index is 11.3. The topological polar surface area (TPSA) is 160 Å². The lowest BCUT2D eigenvalue weighted by molar-refractivity contribution is -0.143. The Morgan fingerprint density at radius 1 is 1.42 bits per heavy atom. The van der Waals surface area contributed by atoms with Crippen LogP contribution >= 0.6 is 11.8 Å². The van der Waals surface area contributed by atoms with E-state index in [1.54, 1.807) is 0 Å². The van der Waals surface area contributed by atoms with E-state index >= 15 is 0 Å². The smallest absolute Gasteiger partial charge is 0.343 e. The minimum absolute atomic E-state index is 0.0540. The number of hydrogen-bond acceptors (Lipinski definition) is 12. The predicted molar refractivity (Wildman–Crippen MR) is 89.2 cm³/mol. The number of carbonyl (C=O) groups excluding carboxylic acids is 1. The minimum atomic E-state index is -1.31. The summed E-state index contributed by atoms with van der Waals surface area (Å²) in [6.45, 7) is 3.05. The Balaban J connectivity index is 1.92. The number of nitrogens with zero attached hydrogens (tertiary/aromatic N) is 3. The molecule has 1 aromatic heterocycles. The zero-order chi connectivity index (χ0) is 19.0. The van der Waals surface area contributed by atoms with Gasteiger partial charge < -0.3 is 35.3 Å². The first-order chi connectivity index (χ1) is 12.4. The first-order valence-electron chi connectivity index (χ1n) is 7.53. The summed E-state index contributed by atoms with van der Waals surface area (Å²) in [5.74, 6) is -0.422. The first-order valence-corrected chi connectivity index (χ1v) is 8.34. The number of carbonyl (C=O) groups is 1. The monoisotopic (exact) mass is 386 g/mol. The van der Waals surface area contributed by atoms with Crippen LogP contribution in [0.25, 0.3) is 0 Å². The molecule has 0 aromatic carbocycles. The quantitative estimate of drug-likeness (QED) is 0.431. The van der Waals surface area contributed by atoms with Crippen molar-refractivity contribution >= 4 is 29.5 Å². The molecule has 0 saturated carbocycles. The van der Waals surface area contributed by atoms with Gasteiger partial charge in [-0.05, 0) is 0 Å². The number of aliphatic hydroxyl groups is 3. The van der Waals surface area contributed by atoms with Gasteiger partial charge in [-0.2, -0.15) is 9.97 Å². The molecule has 1 fully saturated rings. The van der Waals surface area contributed by atoms with Gasteiger partial charge in [0.15, 0.2) is 18.7 Å². The van der Waals surface area contributed by atoms with Crippen molar-refractivity contribution in [1.82, 2.24) is 9.97 Å². The first kappa shape index (κ1) is 18.7. The number of rotatable bonds is 5. The summed E-state index contributed by atoms with van der Waals surface area (Å²) < 4.78 is 15.4. The molecule has 3 heterocycles. The molecule has 0 bridgehead atoms. The molecule has 1 saturated heterocycles. The molecule has 12 heteroatoms. The van der Waals surface area contributed by atoms with E-state index < -0.39 is 37.1 Å². The second-order valence-electron chi connectivity index (χ2n) is 5.50. The third kappa shape index (κ3) is 3.17. The molecule has 2 aliphatic heterocycles. The number of nitrogens with two attached hydrogens (primary N) is 1.